The molecule has 0 atom stereocenters. The van der Waals surface area contributed by atoms with Crippen LogP contribution in [0.4, 0.5) is 0 Å². The molecule has 0 heterocycles. The predicted molar refractivity (Wildman–Crippen MR) is 62.1 cm³/mol. The van der Waals surface area contributed by atoms with Gasteiger partial charge in [-0.1, -0.05) is 18.2 Å². The van der Waals surface area contributed by atoms with Crippen LogP contribution in [0.1, 0.15) is 10.4 Å². The Bertz CT molecular complexity index is 265. The molecular weight excluding hydrogens is 223 g/mol. The average Bonchev–Trinajstić information content (AvgIpc) is 2.05. The number of hydrogen-bond acceptors (Lipinski definition) is 2. The molecule has 0 unspecified atom stereocenters. The second-order valence-electron chi connectivity index (χ2n) is 2.70. The monoisotopic (exact) mass is 236 g/mol. The molecule has 0 saturated heterocycles. The lowest BCUT2D eigenvalue weighted by Gasteiger charge is -2.11. The minimum Gasteiger partial charge on any atom is -0.285 e. The Morgan fingerprint density at radius 1 is 1.14 bits per heavy atom. The van der Waals surface area contributed by atoms with Crippen LogP contribution in [0.5, 0.6) is 0 Å². The molecular formula is C9H14Cl2N2O. The highest BCUT2D eigenvalue weighted by molar-refractivity contribution is 5.93. The molecule has 0 spiro atoms. The van der Waals surface area contributed by atoms with E-state index in [1.165, 1.54) is 0 Å². The first-order valence-corrected chi connectivity index (χ1v) is 3.73. The van der Waals surface area contributed by atoms with E-state index in [-0.39, 0.29) is 30.7 Å². The van der Waals surface area contributed by atoms with Crippen LogP contribution < -0.4 is 5.43 Å². The van der Waals surface area contributed by atoms with Gasteiger partial charge in [0.2, 0.25) is 0 Å². The number of carbonyl (C=O) groups is 1. The number of nitrogens with one attached hydrogen (secondary N) is 1. The molecule has 0 radical (unpaired) electrons. The molecule has 3 nitrogen and oxygen atoms in total. The van der Waals surface area contributed by atoms with Gasteiger partial charge in [-0.3, -0.25) is 10.2 Å². The fourth-order valence-corrected chi connectivity index (χ4v) is 0.857. The summed E-state index contributed by atoms with van der Waals surface area (Å²) >= 11 is 0. The van der Waals surface area contributed by atoms with Crippen molar-refractivity contribution in [1.29, 1.82) is 0 Å². The largest absolute Gasteiger partial charge is 0.285 e. The quantitative estimate of drug-likeness (QED) is 0.794. The maximum Gasteiger partial charge on any atom is 0.265 e. The first-order chi connectivity index (χ1) is 5.70. The van der Waals surface area contributed by atoms with Crippen molar-refractivity contribution in [2.75, 3.05) is 14.1 Å². The molecule has 0 bridgehead atoms. The molecule has 1 N–H and O–H groups in total. The minimum atomic E-state index is -0.0828. The number of benzene rings is 1. The third-order valence-corrected chi connectivity index (χ3v) is 1.36. The van der Waals surface area contributed by atoms with Crippen LogP contribution in [0.3, 0.4) is 0 Å². The van der Waals surface area contributed by atoms with Crippen LogP contribution in [0.15, 0.2) is 30.3 Å². The normalized spacial score (nSPS) is 8.50. The van der Waals surface area contributed by atoms with Crippen molar-refractivity contribution in [3.63, 3.8) is 0 Å². The average molecular weight is 237 g/mol. The Morgan fingerprint density at radius 2 is 1.64 bits per heavy atom. The summed E-state index contributed by atoms with van der Waals surface area (Å²) in [6.45, 7) is 0. The summed E-state index contributed by atoms with van der Waals surface area (Å²) in [5.74, 6) is -0.0828. The zero-order valence-electron chi connectivity index (χ0n) is 8.06. The molecule has 0 fully saturated rings. The summed E-state index contributed by atoms with van der Waals surface area (Å²) < 4.78 is 0. The molecule has 0 aliphatic heterocycles. The highest BCUT2D eigenvalue weighted by Gasteiger charge is 2.03. The van der Waals surface area contributed by atoms with Crippen molar-refractivity contribution < 1.29 is 4.79 Å². The van der Waals surface area contributed by atoms with Gasteiger partial charge in [-0.15, -0.1) is 24.8 Å². The van der Waals surface area contributed by atoms with Crippen LogP contribution in [0.2, 0.25) is 0 Å². The second-order valence-corrected chi connectivity index (χ2v) is 2.70. The number of carbonyl (C=O) groups excluding carboxylic acids is 1. The van der Waals surface area contributed by atoms with Crippen molar-refractivity contribution in [2.24, 2.45) is 0 Å². The van der Waals surface area contributed by atoms with Crippen LogP contribution in [0, 0.1) is 0 Å². The number of amides is 1. The molecule has 5 heteroatoms. The van der Waals surface area contributed by atoms with Crippen LogP contribution >= 0.6 is 24.8 Å². The third kappa shape index (κ3) is 5.07. The van der Waals surface area contributed by atoms with Gasteiger partial charge in [0.25, 0.3) is 5.91 Å². The summed E-state index contributed by atoms with van der Waals surface area (Å²) in [5.41, 5.74) is 3.33. The van der Waals surface area contributed by atoms with Crippen LogP contribution in [-0.2, 0) is 0 Å². The lowest BCUT2D eigenvalue weighted by molar-refractivity contribution is 0.0857. The number of rotatable bonds is 2. The Labute approximate surface area is 96.3 Å². The highest BCUT2D eigenvalue weighted by Crippen LogP contribution is 1.97. The van der Waals surface area contributed by atoms with Gasteiger partial charge in [0.1, 0.15) is 0 Å². The van der Waals surface area contributed by atoms with Crippen molar-refractivity contribution in [3.8, 4) is 0 Å². The first-order valence-electron chi connectivity index (χ1n) is 3.73. The zero-order valence-corrected chi connectivity index (χ0v) is 9.69. The van der Waals surface area contributed by atoms with Crippen molar-refractivity contribution >= 4 is 30.7 Å². The van der Waals surface area contributed by atoms with E-state index >= 15 is 0 Å². The maximum atomic E-state index is 11.3. The number of halogens is 2. The minimum absolute atomic E-state index is 0. The van der Waals surface area contributed by atoms with Crippen molar-refractivity contribution in [1.82, 2.24) is 10.4 Å². The Balaban J connectivity index is 0. The molecule has 14 heavy (non-hydrogen) atoms. The predicted octanol–water partition coefficient (Wildman–Crippen LogP) is 1.74. The van der Waals surface area contributed by atoms with Gasteiger partial charge in [-0.05, 0) is 12.1 Å². The van der Waals surface area contributed by atoms with Gasteiger partial charge < -0.3 is 0 Å². The van der Waals surface area contributed by atoms with Crippen molar-refractivity contribution in [2.45, 2.75) is 0 Å². The van der Waals surface area contributed by atoms with Crippen molar-refractivity contribution in [3.05, 3.63) is 35.9 Å². The zero-order chi connectivity index (χ0) is 8.97. The van der Waals surface area contributed by atoms with Gasteiger partial charge >= 0.3 is 0 Å². The van der Waals surface area contributed by atoms with Gasteiger partial charge in [0.15, 0.2) is 0 Å². The van der Waals surface area contributed by atoms with Crippen LogP contribution in [0.25, 0.3) is 0 Å². The molecule has 1 amide bonds. The smallest absolute Gasteiger partial charge is 0.265 e. The second kappa shape index (κ2) is 7.62. The Hall–Kier alpha value is -0.770. The van der Waals surface area contributed by atoms with E-state index in [9.17, 15) is 4.79 Å². The maximum absolute atomic E-state index is 11.3. The molecule has 0 aromatic heterocycles. The van der Waals surface area contributed by atoms with Crippen LogP contribution in [-0.4, -0.2) is 25.0 Å². The summed E-state index contributed by atoms with van der Waals surface area (Å²) in [6.07, 6.45) is 0. The molecule has 1 aromatic carbocycles. The molecule has 0 aliphatic rings. The highest BCUT2D eigenvalue weighted by atomic mass is 35.5. The van der Waals surface area contributed by atoms with Gasteiger partial charge in [0, 0.05) is 19.7 Å². The van der Waals surface area contributed by atoms with E-state index in [4.69, 9.17) is 0 Å². The lowest BCUT2D eigenvalue weighted by atomic mass is 10.2. The van der Waals surface area contributed by atoms with Gasteiger partial charge in [0.05, 0.1) is 0 Å². The molecule has 1 rings (SSSR count). The molecule has 0 saturated carbocycles. The first kappa shape index (κ1) is 15.7. The molecule has 1 aromatic rings. The molecule has 0 aliphatic carbocycles. The van der Waals surface area contributed by atoms with E-state index in [0.29, 0.717) is 5.56 Å². The van der Waals surface area contributed by atoms with E-state index < -0.39 is 0 Å². The number of hydrogen-bond donors (Lipinski definition) is 1. The summed E-state index contributed by atoms with van der Waals surface area (Å²) in [4.78, 5) is 11.3. The number of hydrazine groups is 1. The third-order valence-electron chi connectivity index (χ3n) is 1.36. The van der Waals surface area contributed by atoms with Gasteiger partial charge in [-0.25, -0.2) is 5.01 Å². The van der Waals surface area contributed by atoms with E-state index in [1.807, 2.05) is 18.2 Å². The Morgan fingerprint density at radius 3 is 2.07 bits per heavy atom. The summed E-state index contributed by atoms with van der Waals surface area (Å²) in [7, 11) is 3.56. The number of nitrogens with zero attached hydrogens (tertiary/aromatic N) is 1. The standard InChI is InChI=1S/C9H12N2O.2ClH/c1-11(2)10-9(12)8-6-4-3-5-7-8;;/h3-7H,1-2H3,(H,10,12);2*1H. The van der Waals surface area contributed by atoms with Gasteiger partial charge in [-0.2, -0.15) is 0 Å². The van der Waals surface area contributed by atoms with E-state index in [2.05, 4.69) is 5.43 Å². The molecule has 80 valence electrons. The summed E-state index contributed by atoms with van der Waals surface area (Å²) in [5, 5.41) is 1.62. The fourth-order valence-electron chi connectivity index (χ4n) is 0.857. The summed E-state index contributed by atoms with van der Waals surface area (Å²) in [6, 6.07) is 9.11. The van der Waals surface area contributed by atoms with E-state index in [0.717, 1.165) is 0 Å². The fraction of sp³-hybridized carbons (Fsp3) is 0.222. The topological polar surface area (TPSA) is 32.3 Å². The van der Waals surface area contributed by atoms with E-state index in [1.54, 1.807) is 31.2 Å². The Kier molecular flexibility index (Phi) is 8.54. The SMILES string of the molecule is CN(C)NC(=O)c1ccccc1.Cl.Cl. The lowest BCUT2D eigenvalue weighted by Crippen LogP contribution is -2.36.